The van der Waals surface area contributed by atoms with Crippen LogP contribution < -0.4 is 16.0 Å². The third kappa shape index (κ3) is 3.67. The van der Waals surface area contributed by atoms with Crippen molar-refractivity contribution in [3.63, 3.8) is 0 Å². The van der Waals surface area contributed by atoms with E-state index >= 15 is 0 Å². The lowest BCUT2D eigenvalue weighted by atomic mass is 10.1. The number of rotatable bonds is 5. The van der Waals surface area contributed by atoms with Gasteiger partial charge in [-0.3, -0.25) is 4.79 Å². The van der Waals surface area contributed by atoms with Crippen LogP contribution in [0.15, 0.2) is 18.2 Å². The number of likely N-dealkylation sites (N-methyl/N-ethyl adjacent to an activating group) is 1. The lowest BCUT2D eigenvalue weighted by Gasteiger charge is -2.22. The zero-order valence-electron chi connectivity index (χ0n) is 11.3. The number of nitrogens with one attached hydrogen (secondary N) is 1. The van der Waals surface area contributed by atoms with Gasteiger partial charge >= 0.3 is 0 Å². The smallest absolute Gasteiger partial charge is 0.239 e. The molecule has 1 aromatic rings. The number of thiocarbonyl (C=S) groups is 1. The Morgan fingerprint density at radius 1 is 1.53 bits per heavy atom. The first-order valence-electron chi connectivity index (χ1n) is 6.38. The van der Waals surface area contributed by atoms with Crippen LogP contribution in [0.25, 0.3) is 0 Å². The molecule has 2 rings (SSSR count). The number of carbonyl (C=O) groups is 1. The van der Waals surface area contributed by atoms with Crippen molar-refractivity contribution >= 4 is 28.8 Å². The molecular weight excluding hydrogens is 258 g/mol. The van der Waals surface area contributed by atoms with Crippen LogP contribution in [0.1, 0.15) is 24.0 Å². The predicted octanol–water partition coefficient (Wildman–Crippen LogP) is 1.34. The number of hydrogen-bond acceptors (Lipinski definition) is 3. The topological polar surface area (TPSA) is 58.4 Å². The summed E-state index contributed by atoms with van der Waals surface area (Å²) in [5.74, 6) is 0.0420. The van der Waals surface area contributed by atoms with Crippen LogP contribution in [-0.2, 0) is 4.79 Å². The number of aryl methyl sites for hydroxylation is 1. The molecule has 1 aromatic carbocycles. The van der Waals surface area contributed by atoms with Gasteiger partial charge in [0.25, 0.3) is 0 Å². The summed E-state index contributed by atoms with van der Waals surface area (Å²) in [4.78, 5) is 14.1. The molecule has 0 heterocycles. The van der Waals surface area contributed by atoms with Crippen LogP contribution in [0.4, 0.5) is 5.69 Å². The van der Waals surface area contributed by atoms with E-state index in [1.165, 1.54) is 0 Å². The molecule has 1 fully saturated rings. The van der Waals surface area contributed by atoms with Gasteiger partial charge in [0.15, 0.2) is 0 Å². The fourth-order valence-corrected chi connectivity index (χ4v) is 2.14. The summed E-state index contributed by atoms with van der Waals surface area (Å²) in [6, 6.07) is 6.26. The van der Waals surface area contributed by atoms with E-state index in [0.29, 0.717) is 17.6 Å². The summed E-state index contributed by atoms with van der Waals surface area (Å²) in [7, 11) is 1.88. The van der Waals surface area contributed by atoms with Crippen molar-refractivity contribution in [3.05, 3.63) is 29.3 Å². The van der Waals surface area contributed by atoms with Crippen molar-refractivity contribution in [2.75, 3.05) is 18.5 Å². The van der Waals surface area contributed by atoms with E-state index in [2.05, 4.69) is 5.32 Å². The van der Waals surface area contributed by atoms with E-state index in [1.807, 2.05) is 37.1 Å². The van der Waals surface area contributed by atoms with Crippen molar-refractivity contribution in [2.45, 2.75) is 25.8 Å². The third-order valence-corrected chi connectivity index (χ3v) is 3.37. The maximum absolute atomic E-state index is 11.8. The molecule has 3 N–H and O–H groups in total. The molecule has 1 aliphatic rings. The Bertz CT molecular complexity index is 511. The number of anilines is 1. The van der Waals surface area contributed by atoms with Gasteiger partial charge in [0.1, 0.15) is 4.99 Å². The van der Waals surface area contributed by atoms with E-state index < -0.39 is 0 Å². The van der Waals surface area contributed by atoms with Crippen LogP contribution in [0.2, 0.25) is 0 Å². The average molecular weight is 277 g/mol. The zero-order valence-corrected chi connectivity index (χ0v) is 12.1. The summed E-state index contributed by atoms with van der Waals surface area (Å²) in [6.07, 6.45) is 2.19. The van der Waals surface area contributed by atoms with Crippen LogP contribution in [0, 0.1) is 6.92 Å². The van der Waals surface area contributed by atoms with Gasteiger partial charge in [-0.2, -0.15) is 0 Å². The van der Waals surface area contributed by atoms with E-state index in [-0.39, 0.29) is 5.91 Å². The summed E-state index contributed by atoms with van der Waals surface area (Å²) >= 11 is 5.06. The van der Waals surface area contributed by atoms with Crippen LogP contribution >= 0.6 is 12.2 Å². The summed E-state index contributed by atoms with van der Waals surface area (Å²) in [6.45, 7) is 2.32. The van der Waals surface area contributed by atoms with Crippen LogP contribution in [0.3, 0.4) is 0 Å². The maximum Gasteiger partial charge on any atom is 0.239 e. The molecule has 4 nitrogen and oxygen atoms in total. The molecule has 0 aromatic heterocycles. The molecule has 0 saturated heterocycles. The lowest BCUT2D eigenvalue weighted by Crippen LogP contribution is -2.37. The highest BCUT2D eigenvalue weighted by molar-refractivity contribution is 7.80. The lowest BCUT2D eigenvalue weighted by molar-refractivity contribution is -0.119. The van der Waals surface area contributed by atoms with Gasteiger partial charge in [0.05, 0.1) is 6.54 Å². The Labute approximate surface area is 119 Å². The second-order valence-corrected chi connectivity index (χ2v) is 5.52. The molecule has 1 aliphatic carbocycles. The fourth-order valence-electron chi connectivity index (χ4n) is 1.97. The standard InChI is InChI=1S/C14H19N3OS/c1-9-3-6-11(14(15)19)12(7-9)17(2)8-13(18)16-10-4-5-10/h3,6-7,10H,4-5,8H2,1-2H3,(H2,15,19)(H,16,18). The van der Waals surface area contributed by atoms with Crippen molar-refractivity contribution in [1.82, 2.24) is 5.32 Å². The number of carbonyl (C=O) groups excluding carboxylic acids is 1. The normalized spacial score (nSPS) is 14.0. The highest BCUT2D eigenvalue weighted by atomic mass is 32.1. The zero-order chi connectivity index (χ0) is 14.0. The first-order chi connectivity index (χ1) is 8.97. The van der Waals surface area contributed by atoms with Crippen molar-refractivity contribution in [3.8, 4) is 0 Å². The van der Waals surface area contributed by atoms with E-state index in [1.54, 1.807) is 0 Å². The number of hydrogen-bond donors (Lipinski definition) is 2. The van der Waals surface area contributed by atoms with Gasteiger partial charge in [-0.1, -0.05) is 18.3 Å². The van der Waals surface area contributed by atoms with Gasteiger partial charge in [-0.25, -0.2) is 0 Å². The Morgan fingerprint density at radius 3 is 2.79 bits per heavy atom. The Morgan fingerprint density at radius 2 is 2.21 bits per heavy atom. The molecule has 102 valence electrons. The first kappa shape index (κ1) is 13.8. The van der Waals surface area contributed by atoms with Crippen molar-refractivity contribution < 1.29 is 4.79 Å². The van der Waals surface area contributed by atoms with Crippen LogP contribution in [0.5, 0.6) is 0 Å². The second kappa shape index (κ2) is 5.57. The number of amides is 1. The van der Waals surface area contributed by atoms with E-state index in [4.69, 9.17) is 18.0 Å². The highest BCUT2D eigenvalue weighted by Crippen LogP contribution is 2.22. The van der Waals surface area contributed by atoms with Gasteiger partial charge < -0.3 is 16.0 Å². The maximum atomic E-state index is 11.8. The molecule has 1 amide bonds. The summed E-state index contributed by atoms with van der Waals surface area (Å²) in [5, 5.41) is 2.97. The number of nitrogens with zero attached hydrogens (tertiary/aromatic N) is 1. The average Bonchev–Trinajstić information content (AvgIpc) is 3.12. The monoisotopic (exact) mass is 277 g/mol. The molecule has 0 radical (unpaired) electrons. The minimum Gasteiger partial charge on any atom is -0.389 e. The number of nitrogens with two attached hydrogens (primary N) is 1. The Balaban J connectivity index is 2.12. The molecule has 0 unspecified atom stereocenters. The second-order valence-electron chi connectivity index (χ2n) is 5.08. The van der Waals surface area contributed by atoms with E-state index in [0.717, 1.165) is 29.7 Å². The molecule has 0 bridgehead atoms. The van der Waals surface area contributed by atoms with E-state index in [9.17, 15) is 4.79 Å². The largest absolute Gasteiger partial charge is 0.389 e. The number of benzene rings is 1. The molecule has 0 spiro atoms. The molecule has 1 saturated carbocycles. The van der Waals surface area contributed by atoms with Gasteiger partial charge in [-0.05, 0) is 37.5 Å². The fraction of sp³-hybridized carbons (Fsp3) is 0.429. The predicted molar refractivity (Wildman–Crippen MR) is 81.5 cm³/mol. The minimum atomic E-state index is 0.0420. The van der Waals surface area contributed by atoms with Crippen molar-refractivity contribution in [2.24, 2.45) is 5.73 Å². The highest BCUT2D eigenvalue weighted by Gasteiger charge is 2.24. The quantitative estimate of drug-likeness (QED) is 0.798. The molecule has 0 atom stereocenters. The minimum absolute atomic E-state index is 0.0420. The summed E-state index contributed by atoms with van der Waals surface area (Å²) in [5.41, 5.74) is 8.55. The summed E-state index contributed by atoms with van der Waals surface area (Å²) < 4.78 is 0. The third-order valence-electron chi connectivity index (χ3n) is 3.15. The Hall–Kier alpha value is -1.62. The van der Waals surface area contributed by atoms with Crippen LogP contribution in [-0.4, -0.2) is 30.5 Å². The molecule has 5 heteroatoms. The molecular formula is C14H19N3OS. The first-order valence-corrected chi connectivity index (χ1v) is 6.79. The molecule has 0 aliphatic heterocycles. The SMILES string of the molecule is Cc1ccc(C(N)=S)c(N(C)CC(=O)NC2CC2)c1. The Kier molecular flexibility index (Phi) is 4.04. The van der Waals surface area contributed by atoms with Gasteiger partial charge in [-0.15, -0.1) is 0 Å². The van der Waals surface area contributed by atoms with Crippen molar-refractivity contribution in [1.29, 1.82) is 0 Å². The van der Waals surface area contributed by atoms with Gasteiger partial charge in [0, 0.05) is 24.3 Å². The molecule has 19 heavy (non-hydrogen) atoms. The van der Waals surface area contributed by atoms with Gasteiger partial charge in [0.2, 0.25) is 5.91 Å².